The quantitative estimate of drug-likeness (QED) is 0.797. The van der Waals surface area contributed by atoms with Gasteiger partial charge in [-0.15, -0.1) is 0 Å². The maximum atomic E-state index is 11.5. The van der Waals surface area contributed by atoms with E-state index in [0.29, 0.717) is 5.56 Å². The Hall–Kier alpha value is -0.950. The van der Waals surface area contributed by atoms with Crippen LogP contribution in [0.5, 0.6) is 0 Å². The molecule has 0 saturated carbocycles. The third kappa shape index (κ3) is 3.78. The molecule has 1 atom stereocenters. The zero-order chi connectivity index (χ0) is 13.1. The number of nitrogens with zero attached hydrogens (tertiary/aromatic N) is 1. The molecule has 0 aromatic heterocycles. The van der Waals surface area contributed by atoms with E-state index in [0.717, 1.165) is 4.31 Å². The van der Waals surface area contributed by atoms with Gasteiger partial charge in [0.1, 0.15) is 5.60 Å². The van der Waals surface area contributed by atoms with Crippen LogP contribution in [-0.2, 0) is 15.8 Å². The molecule has 1 rings (SSSR count). The Kier molecular flexibility index (Phi) is 4.26. The van der Waals surface area contributed by atoms with Gasteiger partial charge in [-0.25, -0.2) is 0 Å². The Morgan fingerprint density at radius 1 is 1.29 bits per heavy atom. The Bertz CT molecular complexity index is 455. The molecule has 1 unspecified atom stereocenters. The zero-order valence-corrected chi connectivity index (χ0v) is 11.0. The summed E-state index contributed by atoms with van der Waals surface area (Å²) in [4.78, 5) is 0. The molecule has 0 amide bonds. The molecule has 5 nitrogen and oxygen atoms in total. The van der Waals surface area contributed by atoms with Crippen molar-refractivity contribution in [2.75, 3.05) is 20.6 Å². The predicted molar refractivity (Wildman–Crippen MR) is 66.6 cm³/mol. The molecule has 1 aromatic rings. The second kappa shape index (κ2) is 5.14. The van der Waals surface area contributed by atoms with E-state index in [-0.39, 0.29) is 6.54 Å². The Labute approximate surface area is 102 Å². The van der Waals surface area contributed by atoms with Crippen molar-refractivity contribution in [2.45, 2.75) is 12.5 Å². The molecule has 0 fully saturated rings. The first kappa shape index (κ1) is 14.1. The van der Waals surface area contributed by atoms with Crippen molar-refractivity contribution in [3.05, 3.63) is 35.9 Å². The predicted octanol–water partition coefficient (Wildman–Crippen LogP) is 0.290. The molecule has 0 heterocycles. The number of hydrogen-bond donors (Lipinski definition) is 2. The second-order valence-corrected chi connectivity index (χ2v) is 6.22. The SMILES string of the molecule is CN(C)S(=O)(=O)NCC(C)(O)c1ccccc1. The van der Waals surface area contributed by atoms with E-state index in [1.165, 1.54) is 14.1 Å². The molecule has 0 bridgehead atoms. The lowest BCUT2D eigenvalue weighted by Crippen LogP contribution is -2.43. The van der Waals surface area contributed by atoms with E-state index in [4.69, 9.17) is 0 Å². The minimum absolute atomic E-state index is 0.0719. The molecule has 96 valence electrons. The van der Waals surface area contributed by atoms with Gasteiger partial charge in [-0.05, 0) is 12.5 Å². The minimum Gasteiger partial charge on any atom is -0.384 e. The van der Waals surface area contributed by atoms with E-state index in [9.17, 15) is 13.5 Å². The highest BCUT2D eigenvalue weighted by Gasteiger charge is 2.25. The number of hydrogen-bond acceptors (Lipinski definition) is 3. The van der Waals surface area contributed by atoms with E-state index >= 15 is 0 Å². The molecule has 0 saturated heterocycles. The van der Waals surface area contributed by atoms with E-state index in [2.05, 4.69) is 4.72 Å². The zero-order valence-electron chi connectivity index (χ0n) is 10.2. The summed E-state index contributed by atoms with van der Waals surface area (Å²) in [6.07, 6.45) is 0. The average molecular weight is 258 g/mol. The summed E-state index contributed by atoms with van der Waals surface area (Å²) in [6, 6.07) is 8.94. The van der Waals surface area contributed by atoms with Gasteiger partial charge in [0, 0.05) is 20.6 Å². The van der Waals surface area contributed by atoms with Crippen LogP contribution in [0.1, 0.15) is 12.5 Å². The molecular formula is C11H18N2O3S. The van der Waals surface area contributed by atoms with Gasteiger partial charge in [0.05, 0.1) is 0 Å². The molecule has 0 aliphatic carbocycles. The molecule has 6 heteroatoms. The number of rotatable bonds is 5. The standard InChI is InChI=1S/C11H18N2O3S/c1-11(14,10-7-5-4-6-8-10)9-12-17(15,16)13(2)3/h4-8,12,14H,9H2,1-3H3. The maximum Gasteiger partial charge on any atom is 0.279 e. The van der Waals surface area contributed by atoms with Crippen molar-refractivity contribution in [3.8, 4) is 0 Å². The van der Waals surface area contributed by atoms with Gasteiger partial charge in [0.25, 0.3) is 10.2 Å². The molecular weight excluding hydrogens is 240 g/mol. The van der Waals surface area contributed by atoms with Crippen LogP contribution in [0.3, 0.4) is 0 Å². The molecule has 2 N–H and O–H groups in total. The van der Waals surface area contributed by atoms with Crippen LogP contribution in [-0.4, -0.2) is 38.5 Å². The number of benzene rings is 1. The van der Waals surface area contributed by atoms with Crippen LogP contribution in [0.15, 0.2) is 30.3 Å². The van der Waals surface area contributed by atoms with E-state index in [1.807, 2.05) is 6.07 Å². The van der Waals surface area contributed by atoms with Gasteiger partial charge >= 0.3 is 0 Å². The number of aliphatic hydroxyl groups is 1. The van der Waals surface area contributed by atoms with Crippen molar-refractivity contribution in [2.24, 2.45) is 0 Å². The van der Waals surface area contributed by atoms with Crippen molar-refractivity contribution >= 4 is 10.2 Å². The van der Waals surface area contributed by atoms with Crippen molar-refractivity contribution < 1.29 is 13.5 Å². The van der Waals surface area contributed by atoms with Crippen LogP contribution in [0.4, 0.5) is 0 Å². The third-order valence-electron chi connectivity index (χ3n) is 2.48. The van der Waals surface area contributed by atoms with Crippen molar-refractivity contribution in [3.63, 3.8) is 0 Å². The fourth-order valence-electron chi connectivity index (χ4n) is 1.26. The van der Waals surface area contributed by atoms with Crippen molar-refractivity contribution in [1.29, 1.82) is 0 Å². The van der Waals surface area contributed by atoms with Crippen LogP contribution in [0.2, 0.25) is 0 Å². The molecule has 0 radical (unpaired) electrons. The largest absolute Gasteiger partial charge is 0.384 e. The lowest BCUT2D eigenvalue weighted by molar-refractivity contribution is 0.0624. The van der Waals surface area contributed by atoms with Gasteiger partial charge in [0.15, 0.2) is 0 Å². The summed E-state index contributed by atoms with van der Waals surface area (Å²) in [7, 11) is -0.656. The fraction of sp³-hybridized carbons (Fsp3) is 0.455. The maximum absolute atomic E-state index is 11.5. The molecule has 0 aliphatic rings. The Morgan fingerprint density at radius 2 is 1.82 bits per heavy atom. The molecule has 1 aromatic carbocycles. The lowest BCUT2D eigenvalue weighted by Gasteiger charge is -2.25. The minimum atomic E-state index is -3.52. The smallest absolute Gasteiger partial charge is 0.279 e. The summed E-state index contributed by atoms with van der Waals surface area (Å²) in [5.41, 5.74) is -0.564. The summed E-state index contributed by atoms with van der Waals surface area (Å²) < 4.78 is 26.4. The van der Waals surface area contributed by atoms with Crippen molar-refractivity contribution in [1.82, 2.24) is 9.03 Å². The summed E-state index contributed by atoms with van der Waals surface area (Å²) >= 11 is 0. The first-order valence-electron chi connectivity index (χ1n) is 5.21. The third-order valence-corrected chi connectivity index (χ3v) is 3.95. The monoisotopic (exact) mass is 258 g/mol. The highest BCUT2D eigenvalue weighted by Crippen LogP contribution is 2.19. The van der Waals surface area contributed by atoms with Gasteiger partial charge in [-0.2, -0.15) is 17.4 Å². The van der Waals surface area contributed by atoms with Crippen LogP contribution >= 0.6 is 0 Å². The molecule has 17 heavy (non-hydrogen) atoms. The molecule has 0 aliphatic heterocycles. The van der Waals surface area contributed by atoms with Crippen LogP contribution < -0.4 is 4.72 Å². The Balaban J connectivity index is 2.76. The van der Waals surface area contributed by atoms with E-state index < -0.39 is 15.8 Å². The van der Waals surface area contributed by atoms with Gasteiger partial charge < -0.3 is 5.11 Å². The summed E-state index contributed by atoms with van der Waals surface area (Å²) in [5, 5.41) is 10.2. The topological polar surface area (TPSA) is 69.6 Å². The fourth-order valence-corrected chi connectivity index (χ4v) is 1.98. The second-order valence-electron chi connectivity index (χ2n) is 4.25. The normalized spacial score (nSPS) is 15.8. The van der Waals surface area contributed by atoms with Crippen LogP contribution in [0.25, 0.3) is 0 Å². The highest BCUT2D eigenvalue weighted by molar-refractivity contribution is 7.87. The first-order valence-corrected chi connectivity index (χ1v) is 6.65. The van der Waals surface area contributed by atoms with Gasteiger partial charge in [-0.3, -0.25) is 0 Å². The van der Waals surface area contributed by atoms with Gasteiger partial charge in [0.2, 0.25) is 0 Å². The average Bonchev–Trinajstić information content (AvgIpc) is 2.28. The van der Waals surface area contributed by atoms with Crippen LogP contribution in [0, 0.1) is 0 Å². The Morgan fingerprint density at radius 3 is 2.29 bits per heavy atom. The van der Waals surface area contributed by atoms with Gasteiger partial charge in [-0.1, -0.05) is 30.3 Å². The summed E-state index contributed by atoms with van der Waals surface area (Å²) in [5.74, 6) is 0. The summed E-state index contributed by atoms with van der Waals surface area (Å²) in [6.45, 7) is 1.50. The highest BCUT2D eigenvalue weighted by atomic mass is 32.2. The molecule has 0 spiro atoms. The lowest BCUT2D eigenvalue weighted by atomic mass is 9.97. The van der Waals surface area contributed by atoms with E-state index in [1.54, 1.807) is 31.2 Å². The number of nitrogens with one attached hydrogen (secondary N) is 1. The first-order chi connectivity index (χ1) is 7.76.